The number of fused-ring (bicyclic) bond motifs is 1. The Balaban J connectivity index is 1.94. The molecule has 0 spiro atoms. The van der Waals surface area contributed by atoms with Crippen molar-refractivity contribution in [1.82, 2.24) is 9.29 Å². The van der Waals surface area contributed by atoms with Gasteiger partial charge in [-0.3, -0.25) is 4.79 Å². The van der Waals surface area contributed by atoms with Gasteiger partial charge in [-0.25, -0.2) is 13.3 Å². The maximum Gasteiger partial charge on any atom is 0.419 e. The van der Waals surface area contributed by atoms with Crippen LogP contribution in [0.5, 0.6) is 0 Å². The summed E-state index contributed by atoms with van der Waals surface area (Å²) in [6.45, 7) is 1.88. The van der Waals surface area contributed by atoms with Crippen LogP contribution >= 0.6 is 0 Å². The number of amides is 1. The smallest absolute Gasteiger partial charge is 0.345 e. The van der Waals surface area contributed by atoms with E-state index in [9.17, 15) is 26.6 Å². The Bertz CT molecular complexity index is 924. The van der Waals surface area contributed by atoms with Gasteiger partial charge in [0.25, 0.3) is 5.91 Å². The van der Waals surface area contributed by atoms with Crippen LogP contribution in [-0.4, -0.2) is 20.7 Å². The van der Waals surface area contributed by atoms with Crippen molar-refractivity contribution >= 4 is 22.6 Å². The molecule has 2 unspecified atom stereocenters. The molecule has 1 aliphatic rings. The summed E-state index contributed by atoms with van der Waals surface area (Å²) in [6, 6.07) is 2.26. The number of nitrogens with one attached hydrogen (secondary N) is 2. The molecule has 2 N–H and O–H groups in total. The Hall–Kier alpha value is -2.20. The fraction of sp³-hybridized carbons (Fsp3) is 0.353. The van der Waals surface area contributed by atoms with Gasteiger partial charge in [-0.05, 0) is 38.0 Å². The molecule has 5 nitrogen and oxygen atoms in total. The van der Waals surface area contributed by atoms with Gasteiger partial charge in [-0.2, -0.15) is 13.2 Å². The van der Waals surface area contributed by atoms with Gasteiger partial charge in [0, 0.05) is 30.5 Å². The number of halogens is 4. The van der Waals surface area contributed by atoms with Gasteiger partial charge >= 0.3 is 6.18 Å². The number of hydrogen-bond donors (Lipinski definition) is 2. The molecule has 2 aromatic rings. The summed E-state index contributed by atoms with van der Waals surface area (Å²) in [5, 5.41) is 2.38. The van der Waals surface area contributed by atoms with Gasteiger partial charge in [-0.15, -0.1) is 0 Å². The van der Waals surface area contributed by atoms with Crippen LogP contribution in [0, 0.1) is 5.82 Å². The van der Waals surface area contributed by atoms with Crippen molar-refractivity contribution in [2.24, 2.45) is 7.05 Å². The van der Waals surface area contributed by atoms with Crippen LogP contribution in [0.3, 0.4) is 0 Å². The lowest BCUT2D eigenvalue weighted by atomic mass is 10.1. The lowest BCUT2D eigenvalue weighted by Gasteiger charge is -2.12. The summed E-state index contributed by atoms with van der Waals surface area (Å²) >= 11 is 0. The molecule has 2 heterocycles. The highest BCUT2D eigenvalue weighted by molar-refractivity contribution is 7.83. The predicted molar refractivity (Wildman–Crippen MR) is 92.1 cm³/mol. The Morgan fingerprint density at radius 3 is 2.74 bits per heavy atom. The predicted octanol–water partition coefficient (Wildman–Crippen LogP) is 3.38. The molecule has 1 aliphatic heterocycles. The zero-order valence-corrected chi connectivity index (χ0v) is 15.3. The number of aromatic nitrogens is 1. The molecule has 1 aromatic carbocycles. The molecule has 3 rings (SSSR count). The van der Waals surface area contributed by atoms with Crippen molar-refractivity contribution in [2.75, 3.05) is 5.32 Å². The van der Waals surface area contributed by atoms with Gasteiger partial charge in [-0.1, -0.05) is 0 Å². The van der Waals surface area contributed by atoms with E-state index in [4.69, 9.17) is 0 Å². The van der Waals surface area contributed by atoms with Crippen molar-refractivity contribution in [3.63, 3.8) is 0 Å². The number of nitrogens with zero attached hydrogens (tertiary/aromatic N) is 1. The van der Waals surface area contributed by atoms with E-state index >= 15 is 0 Å². The van der Waals surface area contributed by atoms with Crippen LogP contribution < -0.4 is 10.0 Å². The van der Waals surface area contributed by atoms with Gasteiger partial charge in [0.05, 0.1) is 10.5 Å². The van der Waals surface area contributed by atoms with E-state index in [1.54, 1.807) is 13.2 Å². The molecule has 2 atom stereocenters. The Morgan fingerprint density at radius 2 is 2.07 bits per heavy atom. The molecule has 0 aliphatic carbocycles. The fourth-order valence-electron chi connectivity index (χ4n) is 3.02. The average molecular weight is 403 g/mol. The number of carbonyl (C=O) groups is 1. The molecule has 0 fully saturated rings. The van der Waals surface area contributed by atoms with Gasteiger partial charge in [0.2, 0.25) is 0 Å². The molecular formula is C17H17F4N3O2S. The minimum atomic E-state index is -4.87. The molecule has 146 valence electrons. The largest absolute Gasteiger partial charge is 0.419 e. The fourth-order valence-corrected chi connectivity index (χ4v) is 4.31. The third-order valence-electron chi connectivity index (χ3n) is 4.33. The molecular weight excluding hydrogens is 386 g/mol. The van der Waals surface area contributed by atoms with Crippen LogP contribution in [0.25, 0.3) is 0 Å². The van der Waals surface area contributed by atoms with E-state index in [1.165, 1.54) is 4.57 Å². The lowest BCUT2D eigenvalue weighted by Crippen LogP contribution is -2.26. The van der Waals surface area contributed by atoms with Crippen molar-refractivity contribution in [2.45, 2.75) is 36.9 Å². The first-order valence-corrected chi connectivity index (χ1v) is 9.27. The third-order valence-corrected chi connectivity index (χ3v) is 5.69. The van der Waals surface area contributed by atoms with E-state index < -0.39 is 34.4 Å². The summed E-state index contributed by atoms with van der Waals surface area (Å²) < 4.78 is 68.7. The Labute approximate surface area is 155 Å². The second-order valence-electron chi connectivity index (χ2n) is 6.40. The minimum absolute atomic E-state index is 0.00843. The van der Waals surface area contributed by atoms with E-state index in [1.807, 2.05) is 6.92 Å². The number of benzene rings is 1. The van der Waals surface area contributed by atoms with Gasteiger partial charge in [0.15, 0.2) is 0 Å². The first kappa shape index (κ1) is 19.6. The maximum absolute atomic E-state index is 13.4. The third kappa shape index (κ3) is 3.91. The average Bonchev–Trinajstić information content (AvgIpc) is 2.83. The number of anilines is 1. The molecule has 0 saturated heterocycles. The maximum atomic E-state index is 13.4. The summed E-state index contributed by atoms with van der Waals surface area (Å²) in [6.07, 6.45) is -2.16. The monoisotopic (exact) mass is 403 g/mol. The Morgan fingerprint density at radius 1 is 1.37 bits per heavy atom. The summed E-state index contributed by atoms with van der Waals surface area (Å²) in [5.41, 5.74) is -0.828. The van der Waals surface area contributed by atoms with Crippen LogP contribution in [0.15, 0.2) is 29.3 Å². The topological polar surface area (TPSA) is 63.1 Å². The highest BCUT2D eigenvalue weighted by Crippen LogP contribution is 2.33. The SMILES string of the molecule is CC1CCc2c(cn(C)c2C(=O)Nc2ccc(F)c(C(F)(F)F)c2)S(=O)N1. The zero-order valence-electron chi connectivity index (χ0n) is 14.5. The lowest BCUT2D eigenvalue weighted by molar-refractivity contribution is -0.139. The summed E-state index contributed by atoms with van der Waals surface area (Å²) in [5.74, 6) is -2.06. The highest BCUT2D eigenvalue weighted by atomic mass is 32.2. The van der Waals surface area contributed by atoms with Crippen molar-refractivity contribution in [1.29, 1.82) is 0 Å². The summed E-state index contributed by atoms with van der Waals surface area (Å²) in [7, 11) is 0.110. The van der Waals surface area contributed by atoms with Crippen LogP contribution in [-0.2, 0) is 30.6 Å². The molecule has 0 saturated carbocycles. The Kier molecular flexibility index (Phi) is 5.13. The molecule has 10 heteroatoms. The van der Waals surface area contributed by atoms with Gasteiger partial charge in [0.1, 0.15) is 22.5 Å². The van der Waals surface area contributed by atoms with Crippen LogP contribution in [0.2, 0.25) is 0 Å². The zero-order chi connectivity index (χ0) is 19.9. The highest BCUT2D eigenvalue weighted by Gasteiger charge is 2.34. The first-order valence-electron chi connectivity index (χ1n) is 8.12. The number of aryl methyl sites for hydroxylation is 1. The minimum Gasteiger partial charge on any atom is -0.345 e. The quantitative estimate of drug-likeness (QED) is 0.756. The first-order chi connectivity index (χ1) is 12.6. The van der Waals surface area contributed by atoms with Crippen molar-refractivity contribution in [3.05, 3.63) is 47.0 Å². The number of alkyl halides is 3. The van der Waals surface area contributed by atoms with E-state index in [2.05, 4.69) is 10.0 Å². The molecule has 1 aromatic heterocycles. The number of carbonyl (C=O) groups excluding carboxylic acids is 1. The molecule has 27 heavy (non-hydrogen) atoms. The van der Waals surface area contributed by atoms with E-state index in [0.717, 1.165) is 6.07 Å². The van der Waals surface area contributed by atoms with Crippen molar-refractivity contribution in [3.8, 4) is 0 Å². The second kappa shape index (κ2) is 7.08. The van der Waals surface area contributed by atoms with E-state index in [-0.39, 0.29) is 17.4 Å². The second-order valence-corrected chi connectivity index (χ2v) is 7.62. The van der Waals surface area contributed by atoms with E-state index in [0.29, 0.717) is 35.4 Å². The number of hydrogen-bond acceptors (Lipinski definition) is 2. The molecule has 0 radical (unpaired) electrons. The summed E-state index contributed by atoms with van der Waals surface area (Å²) in [4.78, 5) is 13.2. The number of rotatable bonds is 2. The van der Waals surface area contributed by atoms with Gasteiger partial charge < -0.3 is 9.88 Å². The van der Waals surface area contributed by atoms with Crippen molar-refractivity contribution < 1.29 is 26.6 Å². The standard InChI is InChI=1S/C17H17F4N3O2S/c1-9-3-5-11-14(27(26)23-9)8-24(2)15(11)16(25)22-10-4-6-13(18)12(7-10)17(19,20)21/h4,6-9,23H,3,5H2,1-2H3,(H,22,25). The molecule has 1 amide bonds. The van der Waals surface area contributed by atoms with Crippen LogP contribution in [0.4, 0.5) is 23.2 Å². The van der Waals surface area contributed by atoms with Crippen LogP contribution in [0.1, 0.15) is 35.0 Å². The normalized spacial score (nSPS) is 20.1. The molecule has 0 bridgehead atoms.